The summed E-state index contributed by atoms with van der Waals surface area (Å²) in [6.45, 7) is 7.92. The van der Waals surface area contributed by atoms with Crippen molar-refractivity contribution in [3.8, 4) is 0 Å². The van der Waals surface area contributed by atoms with Gasteiger partial charge in [-0.3, -0.25) is 4.90 Å². The van der Waals surface area contributed by atoms with E-state index in [1.807, 2.05) is 12.1 Å². The van der Waals surface area contributed by atoms with E-state index in [1.54, 1.807) is 6.07 Å². The first kappa shape index (κ1) is 17.4. The summed E-state index contributed by atoms with van der Waals surface area (Å²) >= 11 is 0. The molecule has 2 rings (SSSR count). The van der Waals surface area contributed by atoms with Crippen molar-refractivity contribution < 1.29 is 9.50 Å². The van der Waals surface area contributed by atoms with Crippen molar-refractivity contribution in [2.24, 2.45) is 5.41 Å². The summed E-state index contributed by atoms with van der Waals surface area (Å²) in [5, 5.41) is 9.44. The molecule has 1 aromatic rings. The maximum absolute atomic E-state index is 13.8. The van der Waals surface area contributed by atoms with E-state index in [9.17, 15) is 9.50 Å². The molecule has 0 saturated carbocycles. The van der Waals surface area contributed by atoms with E-state index in [1.165, 1.54) is 12.5 Å². The number of rotatable bonds is 6. The van der Waals surface area contributed by atoms with Crippen molar-refractivity contribution in [3.63, 3.8) is 0 Å². The van der Waals surface area contributed by atoms with Crippen molar-refractivity contribution >= 4 is 0 Å². The maximum atomic E-state index is 13.8. The van der Waals surface area contributed by atoms with E-state index >= 15 is 0 Å². The summed E-state index contributed by atoms with van der Waals surface area (Å²) < 4.78 is 13.8. The van der Waals surface area contributed by atoms with E-state index < -0.39 is 0 Å². The zero-order chi connectivity index (χ0) is 16.2. The molecule has 1 unspecified atom stereocenters. The van der Waals surface area contributed by atoms with Gasteiger partial charge in [-0.05, 0) is 32.5 Å². The Hall–Kier alpha value is -0.970. The second-order valence-electron chi connectivity index (χ2n) is 7.36. The molecule has 22 heavy (non-hydrogen) atoms. The maximum Gasteiger partial charge on any atom is 0.127 e. The van der Waals surface area contributed by atoms with Crippen molar-refractivity contribution in [1.29, 1.82) is 0 Å². The van der Waals surface area contributed by atoms with Crippen LogP contribution in [0, 0.1) is 11.2 Å². The third kappa shape index (κ3) is 4.77. The quantitative estimate of drug-likeness (QED) is 0.875. The highest BCUT2D eigenvalue weighted by atomic mass is 19.1. The lowest BCUT2D eigenvalue weighted by molar-refractivity contribution is 0.0591. The minimum Gasteiger partial charge on any atom is -0.396 e. The predicted octanol–water partition coefficient (Wildman–Crippen LogP) is 2.74. The van der Waals surface area contributed by atoms with Crippen LogP contribution in [0.5, 0.6) is 0 Å². The Bertz CT molecular complexity index is 478. The van der Waals surface area contributed by atoms with Crippen molar-refractivity contribution in [2.45, 2.75) is 39.3 Å². The Kier molecular flexibility index (Phi) is 5.95. The molecule has 0 amide bonds. The molecular formula is C18H29FN2O. The molecule has 124 valence electrons. The number of hydrogen-bond acceptors (Lipinski definition) is 3. The van der Waals surface area contributed by atoms with E-state index in [-0.39, 0.29) is 17.8 Å². The third-order valence-corrected chi connectivity index (χ3v) is 4.56. The van der Waals surface area contributed by atoms with Crippen LogP contribution >= 0.6 is 0 Å². The van der Waals surface area contributed by atoms with Gasteiger partial charge in [0.1, 0.15) is 5.82 Å². The molecule has 1 atom stereocenters. The summed E-state index contributed by atoms with van der Waals surface area (Å²) in [5.74, 6) is -0.112. The van der Waals surface area contributed by atoms with Crippen molar-refractivity contribution in [2.75, 3.05) is 33.3 Å². The van der Waals surface area contributed by atoms with Gasteiger partial charge >= 0.3 is 0 Å². The van der Waals surface area contributed by atoms with E-state index in [0.717, 1.165) is 31.6 Å². The first-order valence-electron chi connectivity index (χ1n) is 8.18. The molecule has 4 heteroatoms. The lowest BCUT2D eigenvalue weighted by atomic mass is 9.92. The molecule has 0 spiro atoms. The molecular weight excluding hydrogens is 279 g/mol. The summed E-state index contributed by atoms with van der Waals surface area (Å²) in [4.78, 5) is 4.69. The highest BCUT2D eigenvalue weighted by Crippen LogP contribution is 2.22. The van der Waals surface area contributed by atoms with Crippen LogP contribution in [-0.2, 0) is 6.54 Å². The molecule has 1 aliphatic rings. The topological polar surface area (TPSA) is 26.7 Å². The van der Waals surface area contributed by atoms with Crippen LogP contribution in [0.4, 0.5) is 4.39 Å². The standard InChI is InChI=1S/C18H29FN2O/c1-18(2,14-22)13-20(3)16-8-6-10-21(12-16)11-15-7-4-5-9-17(15)19/h4-5,7,9,16,22H,6,8,10-14H2,1-3H3. The Morgan fingerprint density at radius 2 is 2.09 bits per heavy atom. The zero-order valence-corrected chi connectivity index (χ0v) is 14.1. The van der Waals surface area contributed by atoms with Crippen LogP contribution in [0.25, 0.3) is 0 Å². The lowest BCUT2D eigenvalue weighted by Gasteiger charge is -2.40. The van der Waals surface area contributed by atoms with Crippen LogP contribution in [0.2, 0.25) is 0 Å². The second-order valence-corrected chi connectivity index (χ2v) is 7.36. The molecule has 1 aliphatic heterocycles. The average molecular weight is 308 g/mol. The SMILES string of the molecule is CN(CC(C)(C)CO)C1CCCN(Cc2ccccc2F)C1. The van der Waals surface area contributed by atoms with Gasteiger partial charge in [0.2, 0.25) is 0 Å². The van der Waals surface area contributed by atoms with E-state index in [0.29, 0.717) is 12.6 Å². The number of piperidine rings is 1. The fourth-order valence-electron chi connectivity index (χ4n) is 3.26. The number of aliphatic hydroxyl groups is 1. The van der Waals surface area contributed by atoms with Crippen molar-refractivity contribution in [1.82, 2.24) is 9.80 Å². The van der Waals surface area contributed by atoms with Crippen LogP contribution in [0.3, 0.4) is 0 Å². The van der Waals surface area contributed by atoms with Gasteiger partial charge in [0.05, 0.1) is 0 Å². The molecule has 1 N–H and O–H groups in total. The molecule has 1 saturated heterocycles. The van der Waals surface area contributed by atoms with E-state index in [4.69, 9.17) is 0 Å². The summed E-state index contributed by atoms with van der Waals surface area (Å²) in [7, 11) is 2.13. The molecule has 0 aromatic heterocycles. The number of hydrogen-bond donors (Lipinski definition) is 1. The summed E-state index contributed by atoms with van der Waals surface area (Å²) in [6, 6.07) is 7.52. The van der Waals surface area contributed by atoms with E-state index in [2.05, 4.69) is 30.7 Å². The highest BCUT2D eigenvalue weighted by Gasteiger charge is 2.27. The molecule has 0 aliphatic carbocycles. The monoisotopic (exact) mass is 308 g/mol. The number of likely N-dealkylation sites (N-methyl/N-ethyl adjacent to an activating group) is 1. The zero-order valence-electron chi connectivity index (χ0n) is 14.1. The first-order valence-corrected chi connectivity index (χ1v) is 8.18. The fourth-order valence-corrected chi connectivity index (χ4v) is 3.26. The van der Waals surface area contributed by atoms with Crippen LogP contribution < -0.4 is 0 Å². The Morgan fingerprint density at radius 3 is 2.77 bits per heavy atom. The van der Waals surface area contributed by atoms with Gasteiger partial charge < -0.3 is 10.0 Å². The van der Waals surface area contributed by atoms with Gasteiger partial charge in [0, 0.05) is 43.3 Å². The van der Waals surface area contributed by atoms with Gasteiger partial charge in [0.25, 0.3) is 0 Å². The molecule has 0 bridgehead atoms. The van der Waals surface area contributed by atoms with Gasteiger partial charge in [-0.15, -0.1) is 0 Å². The largest absolute Gasteiger partial charge is 0.396 e. The highest BCUT2D eigenvalue weighted by molar-refractivity contribution is 5.17. The van der Waals surface area contributed by atoms with Gasteiger partial charge in [-0.1, -0.05) is 32.0 Å². The molecule has 3 nitrogen and oxygen atoms in total. The number of nitrogens with zero attached hydrogens (tertiary/aromatic N) is 2. The number of aliphatic hydroxyl groups excluding tert-OH is 1. The molecule has 1 fully saturated rings. The minimum atomic E-state index is -0.112. The smallest absolute Gasteiger partial charge is 0.127 e. The number of halogens is 1. The Labute approximate surface area is 133 Å². The van der Waals surface area contributed by atoms with Gasteiger partial charge in [0.15, 0.2) is 0 Å². The van der Waals surface area contributed by atoms with Crippen molar-refractivity contribution in [3.05, 3.63) is 35.6 Å². The molecule has 1 heterocycles. The fraction of sp³-hybridized carbons (Fsp3) is 0.667. The summed E-state index contributed by atoms with van der Waals surface area (Å²) in [6.07, 6.45) is 2.31. The third-order valence-electron chi connectivity index (χ3n) is 4.56. The number of benzene rings is 1. The van der Waals surface area contributed by atoms with Gasteiger partial charge in [-0.25, -0.2) is 4.39 Å². The Balaban J connectivity index is 1.93. The first-order chi connectivity index (χ1) is 10.4. The van der Waals surface area contributed by atoms with Crippen LogP contribution in [0.1, 0.15) is 32.3 Å². The molecule has 0 radical (unpaired) electrons. The van der Waals surface area contributed by atoms with Gasteiger partial charge in [-0.2, -0.15) is 0 Å². The molecule has 1 aromatic carbocycles. The number of likely N-dealkylation sites (tertiary alicyclic amines) is 1. The summed E-state index contributed by atoms with van der Waals surface area (Å²) in [5.41, 5.74) is 0.698. The second kappa shape index (κ2) is 7.53. The lowest BCUT2D eigenvalue weighted by Crippen LogP contribution is -2.49. The van der Waals surface area contributed by atoms with Crippen LogP contribution in [0.15, 0.2) is 24.3 Å². The average Bonchev–Trinajstić information content (AvgIpc) is 2.49. The normalized spacial score (nSPS) is 20.5. The predicted molar refractivity (Wildman–Crippen MR) is 88.2 cm³/mol. The van der Waals surface area contributed by atoms with Crippen LogP contribution in [-0.4, -0.2) is 54.2 Å². The Morgan fingerprint density at radius 1 is 1.36 bits per heavy atom. The minimum absolute atomic E-state index is 0.0808.